The fourth-order valence-corrected chi connectivity index (χ4v) is 1.89. The monoisotopic (exact) mass is 257 g/mol. The van der Waals surface area contributed by atoms with Gasteiger partial charge in [-0.25, -0.2) is 0 Å². The molecule has 0 aliphatic rings. The van der Waals surface area contributed by atoms with Crippen LogP contribution in [0.25, 0.3) is 0 Å². The van der Waals surface area contributed by atoms with Crippen molar-refractivity contribution in [2.45, 2.75) is 6.54 Å². The van der Waals surface area contributed by atoms with E-state index in [0.29, 0.717) is 0 Å². The van der Waals surface area contributed by atoms with Gasteiger partial charge in [0.25, 0.3) is 0 Å². The number of rotatable bonds is 3. The van der Waals surface area contributed by atoms with Gasteiger partial charge in [-0.15, -0.1) is 0 Å². The average Bonchev–Trinajstić information content (AvgIpc) is 2.28. The van der Waals surface area contributed by atoms with E-state index < -0.39 is 0 Å². The molecule has 0 heterocycles. The molecule has 0 aliphatic carbocycles. The minimum absolute atomic E-state index is 0.872. The van der Waals surface area contributed by atoms with Crippen molar-refractivity contribution in [1.29, 1.82) is 0 Å². The Labute approximate surface area is 99.0 Å². The van der Waals surface area contributed by atoms with Crippen molar-refractivity contribution < 1.29 is 0 Å². The summed E-state index contributed by atoms with van der Waals surface area (Å²) in [6.45, 7) is 0.872. The van der Waals surface area contributed by atoms with Gasteiger partial charge in [-0.05, 0) is 0 Å². The molecule has 1 N–H and O–H groups in total. The van der Waals surface area contributed by atoms with Crippen LogP contribution >= 0.6 is 0 Å². The summed E-state index contributed by atoms with van der Waals surface area (Å²) in [7, 11) is 0. The Kier molecular flexibility index (Phi) is 3.47. The molecule has 2 rings (SSSR count). The van der Waals surface area contributed by atoms with Gasteiger partial charge in [0.1, 0.15) is 0 Å². The Morgan fingerprint density at radius 2 is 1.73 bits per heavy atom. The van der Waals surface area contributed by atoms with Crippen molar-refractivity contribution >= 4 is 26.9 Å². The molecule has 1 nitrogen and oxygen atoms in total. The first-order chi connectivity index (χ1) is 7.34. The molecular formula is C13H12AsN. The summed E-state index contributed by atoms with van der Waals surface area (Å²) in [5.41, 5.74) is 2.46. The van der Waals surface area contributed by atoms with Gasteiger partial charge >= 0.3 is 98.9 Å². The molecule has 0 atom stereocenters. The van der Waals surface area contributed by atoms with Gasteiger partial charge in [0.15, 0.2) is 0 Å². The molecule has 0 unspecified atom stereocenters. The first-order valence-corrected chi connectivity index (χ1v) is 5.85. The minimum atomic E-state index is 0.872. The van der Waals surface area contributed by atoms with E-state index in [4.69, 9.17) is 0 Å². The van der Waals surface area contributed by atoms with Gasteiger partial charge in [0.05, 0.1) is 0 Å². The fraction of sp³-hybridized carbons (Fsp3) is 0.0769. The molecular weight excluding hydrogens is 245 g/mol. The van der Waals surface area contributed by atoms with Crippen LogP contribution in [0.15, 0.2) is 54.6 Å². The number of anilines is 1. The molecule has 74 valence electrons. The van der Waals surface area contributed by atoms with E-state index in [9.17, 15) is 0 Å². The third kappa shape index (κ3) is 3.14. The quantitative estimate of drug-likeness (QED) is 0.830. The maximum absolute atomic E-state index is 3.39. The standard InChI is InChI=1S/C13H12AsN/c14-12-7-4-8-13(9-12)15-10-11-5-2-1-3-6-11/h1-9,15H,10H2. The Morgan fingerprint density at radius 3 is 2.47 bits per heavy atom. The van der Waals surface area contributed by atoms with E-state index in [-0.39, 0.29) is 0 Å². The van der Waals surface area contributed by atoms with E-state index >= 15 is 0 Å². The number of benzene rings is 2. The second-order valence-electron chi connectivity index (χ2n) is 3.39. The van der Waals surface area contributed by atoms with Crippen LogP contribution in [0.1, 0.15) is 5.56 Å². The van der Waals surface area contributed by atoms with Gasteiger partial charge < -0.3 is 0 Å². The zero-order valence-corrected chi connectivity index (χ0v) is 10.2. The van der Waals surface area contributed by atoms with Crippen molar-refractivity contribution in [3.8, 4) is 0 Å². The topological polar surface area (TPSA) is 12.0 Å². The molecule has 0 aromatic heterocycles. The summed E-state index contributed by atoms with van der Waals surface area (Å²) in [4.78, 5) is 0. The summed E-state index contributed by atoms with van der Waals surface area (Å²) >= 11 is 2.55. The third-order valence-corrected chi connectivity index (χ3v) is 2.77. The summed E-state index contributed by atoms with van der Waals surface area (Å²) < 4.78 is 1.22. The van der Waals surface area contributed by atoms with Crippen LogP contribution in [0.5, 0.6) is 0 Å². The molecule has 0 fully saturated rings. The molecule has 2 aromatic carbocycles. The van der Waals surface area contributed by atoms with Crippen molar-refractivity contribution in [1.82, 2.24) is 0 Å². The van der Waals surface area contributed by atoms with Crippen LogP contribution in [0.2, 0.25) is 0 Å². The van der Waals surface area contributed by atoms with E-state index in [2.05, 4.69) is 70.7 Å². The van der Waals surface area contributed by atoms with Crippen molar-refractivity contribution in [2.75, 3.05) is 5.32 Å². The summed E-state index contributed by atoms with van der Waals surface area (Å²) in [5, 5.41) is 3.39. The Hall–Kier alpha value is -1.20. The molecule has 2 aromatic rings. The van der Waals surface area contributed by atoms with Gasteiger partial charge in [-0.1, -0.05) is 0 Å². The van der Waals surface area contributed by atoms with Crippen LogP contribution in [-0.4, -0.2) is 16.9 Å². The predicted molar refractivity (Wildman–Crippen MR) is 65.6 cm³/mol. The van der Waals surface area contributed by atoms with E-state index in [0.717, 1.165) is 12.2 Å². The SMILES string of the molecule is [As]c1cccc(NCc2ccccc2)c1. The number of hydrogen-bond donors (Lipinski definition) is 1. The Morgan fingerprint density at radius 1 is 0.933 bits per heavy atom. The van der Waals surface area contributed by atoms with Crippen LogP contribution in [0, 0.1) is 0 Å². The van der Waals surface area contributed by atoms with Crippen LogP contribution in [0.3, 0.4) is 0 Å². The molecule has 15 heavy (non-hydrogen) atoms. The zero-order valence-electron chi connectivity index (χ0n) is 8.35. The molecule has 2 radical (unpaired) electrons. The first-order valence-electron chi connectivity index (χ1n) is 4.91. The van der Waals surface area contributed by atoms with Crippen LogP contribution in [0.4, 0.5) is 5.69 Å². The zero-order chi connectivity index (χ0) is 10.5. The van der Waals surface area contributed by atoms with Gasteiger partial charge in [0, 0.05) is 0 Å². The Bertz CT molecular complexity index is 426. The third-order valence-electron chi connectivity index (χ3n) is 2.19. The molecule has 0 amide bonds. The van der Waals surface area contributed by atoms with E-state index in [1.54, 1.807) is 0 Å². The molecule has 0 spiro atoms. The maximum atomic E-state index is 3.39. The molecule has 0 saturated heterocycles. The normalized spacial score (nSPS) is 9.93. The van der Waals surface area contributed by atoms with Gasteiger partial charge in [-0.3, -0.25) is 0 Å². The van der Waals surface area contributed by atoms with Crippen molar-refractivity contribution in [2.24, 2.45) is 0 Å². The summed E-state index contributed by atoms with van der Waals surface area (Å²) in [6, 6.07) is 18.7. The van der Waals surface area contributed by atoms with Crippen molar-refractivity contribution in [3.05, 3.63) is 60.2 Å². The van der Waals surface area contributed by atoms with Crippen LogP contribution < -0.4 is 9.67 Å². The van der Waals surface area contributed by atoms with Gasteiger partial charge in [-0.2, -0.15) is 0 Å². The molecule has 2 heteroatoms. The second-order valence-corrected chi connectivity index (χ2v) is 4.47. The Balaban J connectivity index is 1.99. The van der Waals surface area contributed by atoms with Gasteiger partial charge in [0.2, 0.25) is 0 Å². The second kappa shape index (κ2) is 5.04. The molecule has 0 bridgehead atoms. The number of nitrogens with one attached hydrogen (secondary N) is 1. The fourth-order valence-electron chi connectivity index (χ4n) is 1.42. The van der Waals surface area contributed by atoms with Crippen molar-refractivity contribution in [3.63, 3.8) is 0 Å². The van der Waals surface area contributed by atoms with Crippen LogP contribution in [-0.2, 0) is 6.54 Å². The predicted octanol–water partition coefficient (Wildman–Crippen LogP) is 2.09. The summed E-state index contributed by atoms with van der Waals surface area (Å²) in [5.74, 6) is 0. The first kappa shape index (κ1) is 10.3. The summed E-state index contributed by atoms with van der Waals surface area (Å²) in [6.07, 6.45) is 0. The van der Waals surface area contributed by atoms with E-state index in [1.165, 1.54) is 9.91 Å². The molecule has 0 aliphatic heterocycles. The number of hydrogen-bond acceptors (Lipinski definition) is 1. The average molecular weight is 257 g/mol. The molecule has 0 saturated carbocycles. The van der Waals surface area contributed by atoms with E-state index in [1.807, 2.05) is 6.07 Å².